The fourth-order valence-electron chi connectivity index (χ4n) is 3.53. The Morgan fingerprint density at radius 3 is 1.92 bits per heavy atom. The second-order valence-electron chi connectivity index (χ2n) is 7.85. The summed E-state index contributed by atoms with van der Waals surface area (Å²) in [6, 6.07) is 22.6. The van der Waals surface area contributed by atoms with E-state index in [4.69, 9.17) is 19.2 Å². The molecule has 1 aromatic heterocycles. The van der Waals surface area contributed by atoms with Crippen molar-refractivity contribution in [1.29, 1.82) is 0 Å². The van der Waals surface area contributed by atoms with E-state index in [9.17, 15) is 4.79 Å². The standard InChI is InChI=1S/C28H28N4O4S/c1-4-36-24-15-9-21(10-16-24)29-25(33)17-18-37-28-30-26(19-5-11-22(34-2)12-6-19)27(31-32-28)20-7-13-23(35-3)14-8-20/h5-16H,4,17-18H2,1-3H3,(H,29,33). The van der Waals surface area contributed by atoms with Gasteiger partial charge in [0.05, 0.1) is 20.8 Å². The molecule has 1 heterocycles. The van der Waals surface area contributed by atoms with Crippen molar-refractivity contribution >= 4 is 23.4 Å². The van der Waals surface area contributed by atoms with Crippen LogP contribution in [0, 0.1) is 0 Å². The third-order valence-electron chi connectivity index (χ3n) is 5.40. The van der Waals surface area contributed by atoms with Gasteiger partial charge in [-0.15, -0.1) is 10.2 Å². The Morgan fingerprint density at radius 2 is 1.35 bits per heavy atom. The summed E-state index contributed by atoms with van der Waals surface area (Å²) in [5, 5.41) is 12.2. The summed E-state index contributed by atoms with van der Waals surface area (Å²) < 4.78 is 16.0. The maximum atomic E-state index is 12.4. The van der Waals surface area contributed by atoms with Crippen molar-refractivity contribution < 1.29 is 19.0 Å². The zero-order valence-electron chi connectivity index (χ0n) is 20.9. The normalized spacial score (nSPS) is 10.6. The molecule has 37 heavy (non-hydrogen) atoms. The predicted molar refractivity (Wildman–Crippen MR) is 145 cm³/mol. The molecule has 4 aromatic rings. The second kappa shape index (κ2) is 12.7. The zero-order valence-corrected chi connectivity index (χ0v) is 21.7. The molecule has 0 unspecified atom stereocenters. The highest BCUT2D eigenvalue weighted by atomic mass is 32.2. The molecule has 190 valence electrons. The molecule has 0 bridgehead atoms. The molecule has 3 aromatic carbocycles. The summed E-state index contributed by atoms with van der Waals surface area (Å²) in [4.78, 5) is 17.2. The van der Waals surface area contributed by atoms with Crippen LogP contribution in [-0.2, 0) is 4.79 Å². The number of nitrogens with zero attached hydrogens (tertiary/aromatic N) is 3. The molecule has 9 heteroatoms. The van der Waals surface area contributed by atoms with Gasteiger partial charge in [0.1, 0.15) is 28.6 Å². The van der Waals surface area contributed by atoms with Gasteiger partial charge in [-0.1, -0.05) is 11.8 Å². The van der Waals surface area contributed by atoms with Gasteiger partial charge in [0.15, 0.2) is 0 Å². The number of benzene rings is 3. The first-order valence-corrected chi connectivity index (χ1v) is 12.8. The number of thioether (sulfide) groups is 1. The maximum absolute atomic E-state index is 12.4. The van der Waals surface area contributed by atoms with E-state index in [0.29, 0.717) is 35.3 Å². The van der Waals surface area contributed by atoms with E-state index in [0.717, 1.165) is 34.1 Å². The van der Waals surface area contributed by atoms with Gasteiger partial charge in [0.25, 0.3) is 0 Å². The Labute approximate surface area is 220 Å². The van der Waals surface area contributed by atoms with Gasteiger partial charge in [-0.2, -0.15) is 0 Å². The molecule has 0 radical (unpaired) electrons. The summed E-state index contributed by atoms with van der Waals surface area (Å²) in [5.74, 6) is 2.70. The molecule has 0 aliphatic carbocycles. The molecule has 0 saturated carbocycles. The van der Waals surface area contributed by atoms with Gasteiger partial charge in [-0.05, 0) is 79.7 Å². The fraction of sp³-hybridized carbons (Fsp3) is 0.214. The van der Waals surface area contributed by atoms with Gasteiger partial charge in [0.2, 0.25) is 11.1 Å². The van der Waals surface area contributed by atoms with Crippen molar-refractivity contribution in [1.82, 2.24) is 15.2 Å². The van der Waals surface area contributed by atoms with Gasteiger partial charge in [-0.25, -0.2) is 4.98 Å². The van der Waals surface area contributed by atoms with Crippen LogP contribution in [0.3, 0.4) is 0 Å². The molecule has 0 atom stereocenters. The van der Waals surface area contributed by atoms with Crippen LogP contribution in [-0.4, -0.2) is 47.7 Å². The first kappa shape index (κ1) is 26.0. The largest absolute Gasteiger partial charge is 0.497 e. The Bertz CT molecular complexity index is 1310. The molecule has 8 nitrogen and oxygen atoms in total. The van der Waals surface area contributed by atoms with Gasteiger partial charge >= 0.3 is 0 Å². The van der Waals surface area contributed by atoms with Crippen LogP contribution in [0.5, 0.6) is 17.2 Å². The Hall–Kier alpha value is -4.11. The Kier molecular flexibility index (Phi) is 8.93. The number of rotatable bonds is 11. The molecule has 0 aliphatic heterocycles. The highest BCUT2D eigenvalue weighted by Crippen LogP contribution is 2.32. The van der Waals surface area contributed by atoms with Crippen molar-refractivity contribution in [2.75, 3.05) is 31.9 Å². The average Bonchev–Trinajstić information content (AvgIpc) is 2.94. The lowest BCUT2D eigenvalue weighted by molar-refractivity contribution is -0.115. The Balaban J connectivity index is 1.46. The fourth-order valence-corrected chi connectivity index (χ4v) is 4.25. The average molecular weight is 517 g/mol. The number of carbonyl (C=O) groups excluding carboxylic acids is 1. The summed E-state index contributed by atoms with van der Waals surface area (Å²) in [5.41, 5.74) is 3.84. The molecular formula is C28H28N4O4S. The number of amides is 1. The number of methoxy groups -OCH3 is 2. The number of hydrogen-bond acceptors (Lipinski definition) is 8. The van der Waals surface area contributed by atoms with Crippen molar-refractivity contribution in [3.63, 3.8) is 0 Å². The third kappa shape index (κ3) is 6.98. The summed E-state index contributed by atoms with van der Waals surface area (Å²) in [6.45, 7) is 2.53. The van der Waals surface area contributed by atoms with Gasteiger partial charge in [0, 0.05) is 29.0 Å². The molecule has 1 amide bonds. The maximum Gasteiger partial charge on any atom is 0.225 e. The molecule has 0 fully saturated rings. The van der Waals surface area contributed by atoms with Gasteiger partial charge in [-0.3, -0.25) is 4.79 Å². The minimum atomic E-state index is -0.0881. The number of nitrogens with one attached hydrogen (secondary N) is 1. The van der Waals surface area contributed by atoms with Crippen molar-refractivity contribution in [3.05, 3.63) is 72.8 Å². The summed E-state index contributed by atoms with van der Waals surface area (Å²) in [6.07, 6.45) is 0.305. The van der Waals surface area contributed by atoms with E-state index in [1.807, 2.05) is 79.7 Å². The molecular weight excluding hydrogens is 488 g/mol. The van der Waals surface area contributed by atoms with Crippen LogP contribution in [0.15, 0.2) is 78.0 Å². The minimum absolute atomic E-state index is 0.0881. The van der Waals surface area contributed by atoms with Crippen LogP contribution in [0.1, 0.15) is 13.3 Å². The first-order valence-electron chi connectivity index (χ1n) is 11.8. The molecule has 0 aliphatic rings. The molecule has 4 rings (SSSR count). The van der Waals surface area contributed by atoms with Crippen LogP contribution in [0.25, 0.3) is 22.5 Å². The monoisotopic (exact) mass is 516 g/mol. The molecule has 0 spiro atoms. The lowest BCUT2D eigenvalue weighted by Crippen LogP contribution is -2.12. The SMILES string of the molecule is CCOc1ccc(NC(=O)CCSc2nnc(-c3ccc(OC)cc3)c(-c3ccc(OC)cc3)n2)cc1. The number of hydrogen-bond donors (Lipinski definition) is 1. The number of carbonyl (C=O) groups is 1. The van der Waals surface area contributed by atoms with Crippen molar-refractivity contribution in [2.45, 2.75) is 18.5 Å². The number of anilines is 1. The lowest BCUT2D eigenvalue weighted by Gasteiger charge is -2.11. The lowest BCUT2D eigenvalue weighted by atomic mass is 10.0. The second-order valence-corrected chi connectivity index (χ2v) is 8.91. The first-order chi connectivity index (χ1) is 18.1. The minimum Gasteiger partial charge on any atom is -0.497 e. The van der Waals surface area contributed by atoms with Crippen molar-refractivity contribution in [2.24, 2.45) is 0 Å². The quantitative estimate of drug-likeness (QED) is 0.252. The van der Waals surface area contributed by atoms with Crippen LogP contribution < -0.4 is 19.5 Å². The van der Waals surface area contributed by atoms with Crippen LogP contribution in [0.2, 0.25) is 0 Å². The van der Waals surface area contributed by atoms with E-state index < -0.39 is 0 Å². The van der Waals surface area contributed by atoms with E-state index in [-0.39, 0.29) is 5.91 Å². The molecule has 1 N–H and O–H groups in total. The highest BCUT2D eigenvalue weighted by molar-refractivity contribution is 7.99. The summed E-state index contributed by atoms with van der Waals surface area (Å²) in [7, 11) is 3.26. The highest BCUT2D eigenvalue weighted by Gasteiger charge is 2.15. The summed E-state index contributed by atoms with van der Waals surface area (Å²) >= 11 is 1.38. The predicted octanol–water partition coefficient (Wildman–Crippen LogP) is 5.74. The van der Waals surface area contributed by atoms with E-state index in [1.54, 1.807) is 14.2 Å². The van der Waals surface area contributed by atoms with Gasteiger partial charge < -0.3 is 19.5 Å². The molecule has 0 saturated heterocycles. The van der Waals surface area contributed by atoms with E-state index >= 15 is 0 Å². The van der Waals surface area contributed by atoms with Crippen LogP contribution >= 0.6 is 11.8 Å². The van der Waals surface area contributed by atoms with E-state index in [1.165, 1.54) is 11.8 Å². The number of ether oxygens (including phenoxy) is 3. The van der Waals surface area contributed by atoms with E-state index in [2.05, 4.69) is 15.5 Å². The smallest absolute Gasteiger partial charge is 0.225 e. The Morgan fingerprint density at radius 1 is 0.784 bits per heavy atom. The number of aromatic nitrogens is 3. The topological polar surface area (TPSA) is 95.5 Å². The third-order valence-corrected chi connectivity index (χ3v) is 6.24. The van der Waals surface area contributed by atoms with Crippen LogP contribution in [0.4, 0.5) is 5.69 Å². The van der Waals surface area contributed by atoms with Crippen molar-refractivity contribution in [3.8, 4) is 39.8 Å². The zero-order chi connectivity index (χ0) is 26.0.